The minimum atomic E-state index is -0.250. The predicted octanol–water partition coefficient (Wildman–Crippen LogP) is 11.4. The summed E-state index contributed by atoms with van der Waals surface area (Å²) in [7, 11) is 3.93. The van der Waals surface area contributed by atoms with E-state index in [4.69, 9.17) is 9.31 Å². The van der Waals surface area contributed by atoms with Crippen molar-refractivity contribution in [3.8, 4) is 0 Å². The van der Waals surface area contributed by atoms with Crippen molar-refractivity contribution in [3.05, 3.63) is 114 Å². The van der Waals surface area contributed by atoms with Crippen LogP contribution in [0.2, 0.25) is 6.32 Å². The number of hydrogen-bond acceptors (Lipinski definition) is 5. The van der Waals surface area contributed by atoms with E-state index in [0.29, 0.717) is 23.7 Å². The number of para-hydroxylation sites is 2. The maximum Gasteiger partial charge on any atom is 1.00 e. The van der Waals surface area contributed by atoms with Gasteiger partial charge in [-0.25, -0.2) is 0 Å². The van der Waals surface area contributed by atoms with Crippen molar-refractivity contribution < 1.29 is 26.4 Å². The van der Waals surface area contributed by atoms with Gasteiger partial charge < -0.3 is 24.0 Å². The van der Waals surface area contributed by atoms with Crippen LogP contribution in [0.25, 0.3) is 0 Å². The van der Waals surface area contributed by atoms with Gasteiger partial charge in [-0.2, -0.15) is 24.1 Å². The molecule has 0 saturated carbocycles. The number of anilines is 3. The fraction of sp³-hybridized carbons (Fsp3) is 0.488. The maximum atomic E-state index is 5.99. The van der Waals surface area contributed by atoms with E-state index in [1.807, 2.05) is 14.1 Å². The van der Waals surface area contributed by atoms with Crippen LogP contribution >= 0.6 is 0 Å². The van der Waals surface area contributed by atoms with E-state index < -0.39 is 0 Å². The van der Waals surface area contributed by atoms with Gasteiger partial charge in [0.15, 0.2) is 0 Å². The van der Waals surface area contributed by atoms with Crippen molar-refractivity contribution in [1.82, 2.24) is 0 Å². The van der Waals surface area contributed by atoms with Crippen LogP contribution in [0.15, 0.2) is 73.1 Å². The third-order valence-electron chi connectivity index (χ3n) is 10.0. The van der Waals surface area contributed by atoms with Crippen molar-refractivity contribution in [1.29, 1.82) is 0 Å². The summed E-state index contributed by atoms with van der Waals surface area (Å²) in [5.74, 6) is 1.84. The van der Waals surface area contributed by atoms with Gasteiger partial charge in [0.1, 0.15) is 0 Å². The van der Waals surface area contributed by atoms with E-state index in [-0.39, 0.29) is 35.4 Å². The molecule has 0 bridgehead atoms. The molecule has 2 aliphatic heterocycles. The predicted molar refractivity (Wildman–Crippen MR) is 212 cm³/mol. The average Bonchev–Trinajstić information content (AvgIpc) is 3.60. The molecule has 0 amide bonds. The van der Waals surface area contributed by atoms with Gasteiger partial charge >= 0.3 is 24.2 Å². The molecule has 1 saturated heterocycles. The van der Waals surface area contributed by atoms with Crippen LogP contribution in [-0.4, -0.2) is 32.4 Å². The molecule has 50 heavy (non-hydrogen) atoms. The molecular formula is C43H61BCuN3O2. The number of rotatable bonds is 10. The molecule has 1 fully saturated rings. The van der Waals surface area contributed by atoms with Crippen molar-refractivity contribution >= 4 is 24.2 Å². The van der Waals surface area contributed by atoms with Gasteiger partial charge in [0.2, 0.25) is 6.67 Å². The van der Waals surface area contributed by atoms with E-state index in [1.54, 1.807) is 0 Å². The van der Waals surface area contributed by atoms with Gasteiger partial charge in [0.25, 0.3) is 0 Å². The Kier molecular flexibility index (Phi) is 14.2. The molecule has 2 heterocycles. The molecule has 0 N–H and O–H groups in total. The topological polar surface area (TPSA) is 28.2 Å². The Morgan fingerprint density at radius 1 is 0.640 bits per heavy atom. The molecule has 5 rings (SSSR count). The van der Waals surface area contributed by atoms with Crippen LogP contribution in [0, 0.1) is 13.1 Å². The number of benzene rings is 3. The van der Waals surface area contributed by atoms with Gasteiger partial charge in [-0.1, -0.05) is 104 Å². The van der Waals surface area contributed by atoms with Crippen LogP contribution < -0.4 is 14.7 Å². The molecule has 0 unspecified atom stereocenters. The Morgan fingerprint density at radius 2 is 1.00 bits per heavy atom. The summed E-state index contributed by atoms with van der Waals surface area (Å²) in [6.07, 6.45) is 7.26. The van der Waals surface area contributed by atoms with E-state index in [1.165, 1.54) is 44.9 Å². The largest absolute Gasteiger partial charge is 1.00 e. The summed E-state index contributed by atoms with van der Waals surface area (Å²) in [5, 5.41) is 0. The normalized spacial score (nSPS) is 16.3. The van der Waals surface area contributed by atoms with Gasteiger partial charge in [0.05, 0.1) is 22.6 Å². The summed E-state index contributed by atoms with van der Waals surface area (Å²) in [4.78, 5) is 6.50. The van der Waals surface area contributed by atoms with Gasteiger partial charge in [-0.15, -0.1) is 0 Å². The van der Waals surface area contributed by atoms with Crippen molar-refractivity contribution in [3.63, 3.8) is 0 Å². The van der Waals surface area contributed by atoms with Crippen LogP contribution in [0.4, 0.5) is 17.1 Å². The smallest absolute Gasteiger partial charge is 0.404 e. The quantitative estimate of drug-likeness (QED) is 0.153. The first-order valence-electron chi connectivity index (χ1n) is 18.2. The maximum absolute atomic E-state index is 5.99. The van der Waals surface area contributed by atoms with Crippen LogP contribution in [0.3, 0.4) is 0 Å². The van der Waals surface area contributed by atoms with E-state index in [0.717, 1.165) is 6.32 Å². The number of hydrogen-bond donors (Lipinski definition) is 0. The zero-order valence-corrected chi connectivity index (χ0v) is 34.0. The van der Waals surface area contributed by atoms with E-state index >= 15 is 0 Å². The van der Waals surface area contributed by atoms with Crippen molar-refractivity contribution in [2.45, 2.75) is 124 Å². The Hall–Kier alpha value is -2.83. The van der Waals surface area contributed by atoms with Crippen LogP contribution in [-0.2, 0) is 26.4 Å². The molecular weight excluding hydrogens is 665 g/mol. The molecule has 0 aromatic heterocycles. The Bertz CT molecular complexity index is 1420. The summed E-state index contributed by atoms with van der Waals surface area (Å²) in [6, 6.07) is 21.9. The zero-order chi connectivity index (χ0) is 36.3. The second kappa shape index (κ2) is 17.1. The Labute approximate surface area is 316 Å². The first kappa shape index (κ1) is 41.6. The van der Waals surface area contributed by atoms with Gasteiger partial charge in [-0.3, -0.25) is 0 Å². The summed E-state index contributed by atoms with van der Waals surface area (Å²) >= 11 is 0. The minimum absolute atomic E-state index is 0. The third kappa shape index (κ3) is 9.53. The second-order valence-corrected chi connectivity index (χ2v) is 15.9. The first-order valence-corrected chi connectivity index (χ1v) is 18.2. The minimum Gasteiger partial charge on any atom is -0.404 e. The third-order valence-corrected chi connectivity index (χ3v) is 10.0. The Morgan fingerprint density at radius 3 is 1.32 bits per heavy atom. The second-order valence-electron chi connectivity index (χ2n) is 15.9. The fourth-order valence-corrected chi connectivity index (χ4v) is 6.35. The summed E-state index contributed by atoms with van der Waals surface area (Å²) in [6.45, 7) is 30.1. The molecule has 0 atom stereocenters. The standard InChI is InChI=1S/C27H36N2.C16H25BNO2.Cu/c1-18(2)22-11-9-12-23(19(3)4)26(22)28-15-16-29(17-28)27-24(20(5)6)13-10-14-25(27)21(7)8;1-15(2)16(3,4)20-17(19-15)12-11-13-7-9-14(10-8-13)18(5)6;/h9-16,18-21H,1-8H3;7-11H,12H2,1-6H3;/q;-1;+1. The molecule has 0 spiro atoms. The number of nitrogens with zero attached hydrogens (tertiary/aromatic N) is 3. The van der Waals surface area contributed by atoms with Crippen molar-refractivity contribution in [2.75, 3.05) is 28.8 Å². The molecule has 2 aliphatic rings. The molecule has 0 aliphatic carbocycles. The van der Waals surface area contributed by atoms with E-state index in [9.17, 15) is 0 Å². The average molecular weight is 726 g/mol. The summed E-state index contributed by atoms with van der Waals surface area (Å²) < 4.78 is 12.0. The van der Waals surface area contributed by atoms with E-state index in [2.05, 4.69) is 184 Å². The first-order chi connectivity index (χ1) is 22.9. The van der Waals surface area contributed by atoms with Gasteiger partial charge in [-0.05, 0) is 79.9 Å². The molecule has 7 heteroatoms. The van der Waals surface area contributed by atoms with Crippen molar-refractivity contribution in [2.24, 2.45) is 0 Å². The molecule has 3 aromatic rings. The Balaban J connectivity index is 0.000000283. The molecule has 274 valence electrons. The fourth-order valence-electron chi connectivity index (χ4n) is 6.35. The van der Waals surface area contributed by atoms with Crippen LogP contribution in [0.5, 0.6) is 0 Å². The molecule has 5 nitrogen and oxygen atoms in total. The van der Waals surface area contributed by atoms with Crippen LogP contribution in [0.1, 0.15) is 135 Å². The van der Waals surface area contributed by atoms with Gasteiger partial charge in [0, 0.05) is 32.2 Å². The summed E-state index contributed by atoms with van der Waals surface area (Å²) in [5.41, 5.74) is 9.96. The monoisotopic (exact) mass is 725 g/mol. The molecule has 3 aromatic carbocycles. The zero-order valence-electron chi connectivity index (χ0n) is 33.1. The molecule has 2 radical (unpaired) electrons. The SMILES string of the molecule is CC(C)c1cccc(C(C)C)c1N1[C]N(c2c(C(C)C)cccc2C(C)C)C=C1.CN(C)c1ccc([CH-]CB2OC(C)(C)C(C)(C)O2)cc1.[Cu+].